The van der Waals surface area contributed by atoms with Gasteiger partial charge < -0.3 is 4.90 Å². The van der Waals surface area contributed by atoms with E-state index in [0.717, 1.165) is 23.7 Å². The number of nitrogens with zero attached hydrogens (tertiary/aromatic N) is 4. The summed E-state index contributed by atoms with van der Waals surface area (Å²) in [5, 5.41) is 12.3. The van der Waals surface area contributed by atoms with Gasteiger partial charge in [0.1, 0.15) is 6.07 Å². The van der Waals surface area contributed by atoms with E-state index in [1.165, 1.54) is 27.6 Å². The number of aromatic nitrogens is 1. The maximum Gasteiger partial charge on any atom is 0.244 e. The average Bonchev–Trinajstić information content (AvgIpc) is 3.28. The lowest BCUT2D eigenvalue weighted by Crippen LogP contribution is -2.48. The molecular weight excluding hydrogens is 428 g/mol. The van der Waals surface area contributed by atoms with E-state index in [1.807, 2.05) is 6.07 Å². The molecule has 1 aliphatic rings. The van der Waals surface area contributed by atoms with Crippen molar-refractivity contribution in [3.05, 3.63) is 76.3 Å². The number of aryl methyl sites for hydroxylation is 1. The van der Waals surface area contributed by atoms with E-state index in [4.69, 9.17) is 4.98 Å². The summed E-state index contributed by atoms with van der Waals surface area (Å²) in [6.45, 7) is 4.04. The monoisotopic (exact) mass is 452 g/mol. The van der Waals surface area contributed by atoms with Gasteiger partial charge in [0.2, 0.25) is 10.0 Å². The first-order chi connectivity index (χ1) is 15.0. The molecule has 6 nitrogen and oxygen atoms in total. The zero-order valence-electron chi connectivity index (χ0n) is 17.4. The summed E-state index contributed by atoms with van der Waals surface area (Å²) in [4.78, 5) is 6.99. The van der Waals surface area contributed by atoms with Crippen LogP contribution in [0.25, 0.3) is 0 Å². The van der Waals surface area contributed by atoms with E-state index in [0.29, 0.717) is 26.2 Å². The number of nitriles is 1. The van der Waals surface area contributed by atoms with Crippen LogP contribution in [0.15, 0.2) is 58.8 Å². The van der Waals surface area contributed by atoms with Gasteiger partial charge in [-0.1, -0.05) is 43.3 Å². The van der Waals surface area contributed by atoms with E-state index in [-0.39, 0.29) is 10.5 Å². The molecule has 0 radical (unpaired) electrons. The first-order valence-corrected chi connectivity index (χ1v) is 12.6. The predicted molar refractivity (Wildman–Crippen MR) is 123 cm³/mol. The molecule has 0 aliphatic carbocycles. The standard InChI is InChI=1S/C23H24N4O2S2/c1-2-18-7-9-19(10-8-18)15-21-17-30-23(25-21)26-11-13-27(14-12-26)31(28,29)22-6-4-3-5-20(22)16-24/h3-10,17H,2,11-15H2,1H3. The maximum atomic E-state index is 13.0. The second-order valence-corrected chi connectivity index (χ2v) is 10.2. The molecular formula is C23H24N4O2S2. The van der Waals surface area contributed by atoms with Crippen LogP contribution in [0.3, 0.4) is 0 Å². The second kappa shape index (κ2) is 9.18. The molecule has 160 valence electrons. The van der Waals surface area contributed by atoms with Crippen LogP contribution >= 0.6 is 11.3 Å². The second-order valence-electron chi connectivity index (χ2n) is 7.47. The first kappa shape index (κ1) is 21.5. The van der Waals surface area contributed by atoms with Gasteiger partial charge in [-0.25, -0.2) is 13.4 Å². The van der Waals surface area contributed by atoms with Gasteiger partial charge in [-0.15, -0.1) is 11.3 Å². The Kier molecular flexibility index (Phi) is 6.37. The number of sulfonamides is 1. The molecule has 31 heavy (non-hydrogen) atoms. The number of piperazine rings is 1. The molecule has 4 rings (SSSR count). The van der Waals surface area contributed by atoms with Gasteiger partial charge >= 0.3 is 0 Å². The Hall–Kier alpha value is -2.73. The number of hydrogen-bond donors (Lipinski definition) is 0. The highest BCUT2D eigenvalue weighted by atomic mass is 32.2. The van der Waals surface area contributed by atoms with Crippen LogP contribution < -0.4 is 4.90 Å². The lowest BCUT2D eigenvalue weighted by molar-refractivity contribution is 0.384. The molecule has 0 bridgehead atoms. The Morgan fingerprint density at radius 1 is 1.03 bits per heavy atom. The van der Waals surface area contributed by atoms with Crippen molar-refractivity contribution in [1.29, 1.82) is 5.26 Å². The highest BCUT2D eigenvalue weighted by Gasteiger charge is 2.30. The van der Waals surface area contributed by atoms with Crippen molar-refractivity contribution >= 4 is 26.5 Å². The highest BCUT2D eigenvalue weighted by Crippen LogP contribution is 2.26. The number of hydrogen-bond acceptors (Lipinski definition) is 6. The molecule has 1 saturated heterocycles. The molecule has 8 heteroatoms. The van der Waals surface area contributed by atoms with Gasteiger partial charge in [-0.2, -0.15) is 9.57 Å². The predicted octanol–water partition coefficient (Wildman–Crippen LogP) is 3.68. The Balaban J connectivity index is 1.40. The van der Waals surface area contributed by atoms with Crippen molar-refractivity contribution in [2.75, 3.05) is 31.1 Å². The summed E-state index contributed by atoms with van der Waals surface area (Å²) in [7, 11) is -3.68. The Labute approximate surface area is 187 Å². The molecule has 0 atom stereocenters. The summed E-state index contributed by atoms with van der Waals surface area (Å²) in [6.07, 6.45) is 1.82. The van der Waals surface area contributed by atoms with Gasteiger partial charge in [0.05, 0.1) is 16.2 Å². The van der Waals surface area contributed by atoms with Gasteiger partial charge in [-0.3, -0.25) is 0 Å². The quantitative estimate of drug-likeness (QED) is 0.570. The molecule has 0 N–H and O–H groups in total. The SMILES string of the molecule is CCc1ccc(Cc2csc(N3CCN(S(=O)(=O)c4ccccc4C#N)CC3)n2)cc1. The zero-order chi connectivity index (χ0) is 21.8. The molecule has 0 unspecified atom stereocenters. The van der Waals surface area contributed by atoms with E-state index in [9.17, 15) is 13.7 Å². The minimum absolute atomic E-state index is 0.0802. The van der Waals surface area contributed by atoms with Crippen molar-refractivity contribution in [2.24, 2.45) is 0 Å². The van der Waals surface area contributed by atoms with Gasteiger partial charge in [-0.05, 0) is 29.7 Å². The smallest absolute Gasteiger partial charge is 0.244 e. The van der Waals surface area contributed by atoms with Crippen molar-refractivity contribution in [2.45, 2.75) is 24.7 Å². The van der Waals surface area contributed by atoms with Crippen LogP contribution in [0.4, 0.5) is 5.13 Å². The molecule has 2 heterocycles. The zero-order valence-corrected chi connectivity index (χ0v) is 19.0. The Morgan fingerprint density at radius 2 is 1.71 bits per heavy atom. The molecule has 0 amide bonds. The van der Waals surface area contributed by atoms with Crippen LogP contribution in [0.5, 0.6) is 0 Å². The largest absolute Gasteiger partial charge is 0.345 e. The average molecular weight is 453 g/mol. The van der Waals surface area contributed by atoms with E-state index in [1.54, 1.807) is 23.5 Å². The fourth-order valence-corrected chi connectivity index (χ4v) is 6.11. The lowest BCUT2D eigenvalue weighted by Gasteiger charge is -2.33. The van der Waals surface area contributed by atoms with Crippen molar-refractivity contribution in [3.63, 3.8) is 0 Å². The number of benzene rings is 2. The fraction of sp³-hybridized carbons (Fsp3) is 0.304. The van der Waals surface area contributed by atoms with Crippen molar-refractivity contribution in [3.8, 4) is 6.07 Å². The van der Waals surface area contributed by atoms with Crippen molar-refractivity contribution in [1.82, 2.24) is 9.29 Å². The summed E-state index contributed by atoms with van der Waals surface area (Å²) in [6, 6.07) is 17.0. The maximum absolute atomic E-state index is 13.0. The van der Waals surface area contributed by atoms with E-state index in [2.05, 4.69) is 41.5 Å². The Morgan fingerprint density at radius 3 is 2.39 bits per heavy atom. The third-order valence-electron chi connectivity index (χ3n) is 5.49. The van der Waals surface area contributed by atoms with Gasteiger partial charge in [0.25, 0.3) is 0 Å². The van der Waals surface area contributed by atoms with Crippen LogP contribution in [0.1, 0.15) is 29.3 Å². The normalized spacial score (nSPS) is 15.0. The Bertz CT molecular complexity index is 1190. The van der Waals surface area contributed by atoms with Crippen LogP contribution in [0, 0.1) is 11.3 Å². The van der Waals surface area contributed by atoms with E-state index < -0.39 is 10.0 Å². The summed E-state index contributed by atoms with van der Waals surface area (Å²) >= 11 is 1.60. The molecule has 0 spiro atoms. The molecule has 1 aromatic heterocycles. The van der Waals surface area contributed by atoms with Crippen LogP contribution in [0.2, 0.25) is 0 Å². The van der Waals surface area contributed by atoms with Crippen molar-refractivity contribution < 1.29 is 8.42 Å². The summed E-state index contributed by atoms with van der Waals surface area (Å²) in [5.74, 6) is 0. The number of rotatable bonds is 6. The molecule has 2 aromatic carbocycles. The molecule has 3 aromatic rings. The number of thiazole rings is 1. The summed E-state index contributed by atoms with van der Waals surface area (Å²) < 4.78 is 27.5. The highest BCUT2D eigenvalue weighted by molar-refractivity contribution is 7.89. The van der Waals surface area contributed by atoms with Gasteiger partial charge in [0, 0.05) is 38.0 Å². The van der Waals surface area contributed by atoms with Gasteiger partial charge in [0.15, 0.2) is 5.13 Å². The van der Waals surface area contributed by atoms with Crippen LogP contribution in [-0.4, -0.2) is 43.9 Å². The number of anilines is 1. The molecule has 0 saturated carbocycles. The summed E-state index contributed by atoms with van der Waals surface area (Å²) in [5.41, 5.74) is 3.78. The topological polar surface area (TPSA) is 77.3 Å². The third-order valence-corrected chi connectivity index (χ3v) is 8.40. The molecule has 1 fully saturated rings. The molecule has 1 aliphatic heterocycles. The van der Waals surface area contributed by atoms with E-state index >= 15 is 0 Å². The van der Waals surface area contributed by atoms with Crippen LogP contribution in [-0.2, 0) is 22.9 Å². The third kappa shape index (κ3) is 4.64. The lowest BCUT2D eigenvalue weighted by atomic mass is 10.1. The minimum Gasteiger partial charge on any atom is -0.345 e. The minimum atomic E-state index is -3.68. The first-order valence-electron chi connectivity index (χ1n) is 10.3. The fourth-order valence-electron chi connectivity index (χ4n) is 3.67.